The molecule has 0 bridgehead atoms. The zero-order chi connectivity index (χ0) is 15.0. The number of aryl methyl sites for hydroxylation is 2. The maximum Gasteiger partial charge on any atom is 0.136 e. The minimum atomic E-state index is 0.455. The molecule has 4 heteroatoms. The summed E-state index contributed by atoms with van der Waals surface area (Å²) in [5, 5.41) is 3.66. The van der Waals surface area contributed by atoms with Crippen LogP contribution >= 0.6 is 12.2 Å². The number of nitrogens with two attached hydrogens (primary N) is 1. The molecule has 3 rings (SSSR count). The highest BCUT2D eigenvalue weighted by Gasteiger charge is 2.28. The lowest BCUT2D eigenvalue weighted by Gasteiger charge is -2.35. The Morgan fingerprint density at radius 2 is 2.10 bits per heavy atom. The van der Waals surface area contributed by atoms with Gasteiger partial charge in [-0.3, -0.25) is 0 Å². The maximum absolute atomic E-state index is 5.93. The fraction of sp³-hybridized carbons (Fsp3) is 0.647. The van der Waals surface area contributed by atoms with E-state index in [1.54, 1.807) is 0 Å². The minimum Gasteiger partial charge on any atom is -0.389 e. The van der Waals surface area contributed by atoms with Gasteiger partial charge < -0.3 is 11.1 Å². The monoisotopic (exact) mass is 303 g/mol. The quantitative estimate of drug-likeness (QED) is 0.840. The van der Waals surface area contributed by atoms with Crippen molar-refractivity contribution in [3.63, 3.8) is 0 Å². The third-order valence-corrected chi connectivity index (χ3v) is 5.57. The molecule has 1 aromatic heterocycles. The molecule has 0 saturated heterocycles. The highest BCUT2D eigenvalue weighted by molar-refractivity contribution is 7.80. The van der Waals surface area contributed by atoms with Gasteiger partial charge in [-0.05, 0) is 49.1 Å². The topological polar surface area (TPSA) is 50.9 Å². The van der Waals surface area contributed by atoms with Gasteiger partial charge in [-0.15, -0.1) is 0 Å². The van der Waals surface area contributed by atoms with Crippen molar-refractivity contribution in [2.45, 2.75) is 58.4 Å². The zero-order valence-corrected chi connectivity index (χ0v) is 13.8. The molecule has 0 radical (unpaired) electrons. The van der Waals surface area contributed by atoms with Gasteiger partial charge in [0.2, 0.25) is 0 Å². The van der Waals surface area contributed by atoms with Gasteiger partial charge in [0.05, 0.1) is 5.56 Å². The number of hydrogen-bond donors (Lipinski definition) is 2. The lowest BCUT2D eigenvalue weighted by atomic mass is 9.78. The molecule has 1 saturated carbocycles. The molecule has 114 valence electrons. The van der Waals surface area contributed by atoms with E-state index in [4.69, 9.17) is 22.9 Å². The minimum absolute atomic E-state index is 0.455. The maximum atomic E-state index is 5.93. The van der Waals surface area contributed by atoms with Gasteiger partial charge >= 0.3 is 0 Å². The molecule has 3 N–H and O–H groups in total. The number of nitrogens with zero attached hydrogens (tertiary/aromatic N) is 1. The fourth-order valence-electron chi connectivity index (χ4n) is 3.73. The molecule has 0 aliphatic heterocycles. The first-order valence-corrected chi connectivity index (χ1v) is 8.56. The summed E-state index contributed by atoms with van der Waals surface area (Å²) in [5.41, 5.74) is 9.41. The van der Waals surface area contributed by atoms with Crippen LogP contribution in [0.1, 0.15) is 56.4 Å². The van der Waals surface area contributed by atoms with Gasteiger partial charge in [0, 0.05) is 11.7 Å². The predicted molar refractivity (Wildman–Crippen MR) is 91.7 cm³/mol. The Hall–Kier alpha value is -1.16. The van der Waals surface area contributed by atoms with Gasteiger partial charge in [0.25, 0.3) is 0 Å². The van der Waals surface area contributed by atoms with E-state index in [-0.39, 0.29) is 0 Å². The second kappa shape index (κ2) is 5.91. The van der Waals surface area contributed by atoms with Crippen molar-refractivity contribution in [2.24, 2.45) is 17.6 Å². The second-order valence-electron chi connectivity index (χ2n) is 6.73. The van der Waals surface area contributed by atoms with Crippen molar-refractivity contribution in [1.82, 2.24) is 4.98 Å². The number of rotatable bonds is 3. The molecular formula is C17H25N3S. The number of hydrogen-bond acceptors (Lipinski definition) is 3. The summed E-state index contributed by atoms with van der Waals surface area (Å²) >= 11 is 5.24. The lowest BCUT2D eigenvalue weighted by molar-refractivity contribution is 0.253. The molecule has 3 unspecified atom stereocenters. The Bertz CT molecular complexity index is 555. The van der Waals surface area contributed by atoms with E-state index in [0.29, 0.717) is 16.9 Å². The van der Waals surface area contributed by atoms with Gasteiger partial charge in [0.15, 0.2) is 0 Å². The van der Waals surface area contributed by atoms with Crippen molar-refractivity contribution in [3.05, 3.63) is 22.9 Å². The van der Waals surface area contributed by atoms with Crippen LogP contribution < -0.4 is 11.1 Å². The van der Waals surface area contributed by atoms with Crippen LogP contribution in [0, 0.1) is 11.8 Å². The van der Waals surface area contributed by atoms with E-state index in [1.165, 1.54) is 36.9 Å². The first-order valence-electron chi connectivity index (χ1n) is 8.15. The first kappa shape index (κ1) is 14.8. The van der Waals surface area contributed by atoms with Crippen molar-refractivity contribution < 1.29 is 0 Å². The fourth-order valence-corrected chi connectivity index (χ4v) is 3.89. The molecule has 2 aliphatic rings. The third kappa shape index (κ3) is 2.91. The second-order valence-corrected chi connectivity index (χ2v) is 7.17. The number of nitrogens with one attached hydrogen (secondary N) is 1. The standard InChI is InChI=1S/C17H25N3S/c1-10-5-3-7-14(11(10)2)19-17-13(16(18)21)9-12-6-4-8-15(12)20-17/h9-11,14H,3-8H2,1-2H3,(H2,18,21)(H,19,20). The van der Waals surface area contributed by atoms with E-state index >= 15 is 0 Å². The van der Waals surface area contributed by atoms with Crippen LogP contribution in [0.25, 0.3) is 0 Å². The van der Waals surface area contributed by atoms with Crippen LogP contribution in [0.5, 0.6) is 0 Å². The molecule has 3 nitrogen and oxygen atoms in total. The number of fused-ring (bicyclic) bond motifs is 1. The molecule has 3 atom stereocenters. The van der Waals surface area contributed by atoms with Gasteiger partial charge in [-0.25, -0.2) is 4.98 Å². The van der Waals surface area contributed by atoms with Crippen LogP contribution in [-0.4, -0.2) is 16.0 Å². The van der Waals surface area contributed by atoms with E-state index in [2.05, 4.69) is 25.2 Å². The summed E-state index contributed by atoms with van der Waals surface area (Å²) in [6.07, 6.45) is 7.21. The molecule has 1 aromatic rings. The Balaban J connectivity index is 1.89. The largest absolute Gasteiger partial charge is 0.389 e. The number of pyridine rings is 1. The number of thiocarbonyl (C=S) groups is 1. The highest BCUT2D eigenvalue weighted by Crippen LogP contribution is 2.33. The Labute approximate surface area is 132 Å². The summed E-state index contributed by atoms with van der Waals surface area (Å²) in [7, 11) is 0. The molecule has 1 heterocycles. The third-order valence-electron chi connectivity index (χ3n) is 5.35. The molecule has 0 aromatic carbocycles. The molecular weight excluding hydrogens is 278 g/mol. The van der Waals surface area contributed by atoms with E-state index < -0.39 is 0 Å². The Morgan fingerprint density at radius 3 is 2.86 bits per heavy atom. The molecule has 0 amide bonds. The van der Waals surface area contributed by atoms with Crippen LogP contribution in [0.2, 0.25) is 0 Å². The van der Waals surface area contributed by atoms with Crippen molar-refractivity contribution >= 4 is 23.0 Å². The average Bonchev–Trinajstić information content (AvgIpc) is 2.90. The number of anilines is 1. The SMILES string of the molecule is CC1CCCC(Nc2nc3c(cc2C(N)=S)CCC3)C1C. The summed E-state index contributed by atoms with van der Waals surface area (Å²) in [5.74, 6) is 2.33. The highest BCUT2D eigenvalue weighted by atomic mass is 32.1. The first-order chi connectivity index (χ1) is 10.1. The van der Waals surface area contributed by atoms with Crippen molar-refractivity contribution in [1.29, 1.82) is 0 Å². The molecule has 2 aliphatic carbocycles. The Morgan fingerprint density at radius 1 is 1.29 bits per heavy atom. The van der Waals surface area contributed by atoms with E-state index in [0.717, 1.165) is 30.1 Å². The van der Waals surface area contributed by atoms with Gasteiger partial charge in [-0.1, -0.05) is 38.9 Å². The number of aromatic nitrogens is 1. The van der Waals surface area contributed by atoms with Gasteiger partial charge in [-0.2, -0.15) is 0 Å². The molecule has 1 fully saturated rings. The lowest BCUT2D eigenvalue weighted by Crippen LogP contribution is -2.36. The van der Waals surface area contributed by atoms with Crippen LogP contribution in [0.3, 0.4) is 0 Å². The van der Waals surface area contributed by atoms with Gasteiger partial charge in [0.1, 0.15) is 10.8 Å². The van der Waals surface area contributed by atoms with Crippen molar-refractivity contribution in [3.8, 4) is 0 Å². The zero-order valence-electron chi connectivity index (χ0n) is 13.0. The smallest absolute Gasteiger partial charge is 0.136 e. The van der Waals surface area contributed by atoms with E-state index in [9.17, 15) is 0 Å². The predicted octanol–water partition coefficient (Wildman–Crippen LogP) is 3.44. The van der Waals surface area contributed by atoms with Crippen molar-refractivity contribution in [2.75, 3.05) is 5.32 Å². The average molecular weight is 303 g/mol. The summed E-state index contributed by atoms with van der Waals surface area (Å²) in [6, 6.07) is 2.64. The molecule has 21 heavy (non-hydrogen) atoms. The summed E-state index contributed by atoms with van der Waals surface area (Å²) in [4.78, 5) is 5.30. The Kier molecular flexibility index (Phi) is 4.16. The summed E-state index contributed by atoms with van der Waals surface area (Å²) < 4.78 is 0. The summed E-state index contributed by atoms with van der Waals surface area (Å²) in [6.45, 7) is 4.69. The van der Waals surface area contributed by atoms with Crippen LogP contribution in [0.4, 0.5) is 5.82 Å². The van der Waals surface area contributed by atoms with Crippen LogP contribution in [0.15, 0.2) is 6.07 Å². The van der Waals surface area contributed by atoms with Crippen LogP contribution in [-0.2, 0) is 12.8 Å². The van der Waals surface area contributed by atoms with E-state index in [1.807, 2.05) is 0 Å². The molecule has 0 spiro atoms. The normalized spacial score (nSPS) is 28.2.